The van der Waals surface area contributed by atoms with Crippen molar-refractivity contribution in [3.63, 3.8) is 0 Å². The quantitative estimate of drug-likeness (QED) is 0.126. The molecule has 212 valence electrons. The Kier molecular flexibility index (Phi) is 10.4. The van der Waals surface area contributed by atoms with Crippen LogP contribution in [0, 0.1) is 5.82 Å². The van der Waals surface area contributed by atoms with Crippen molar-refractivity contribution in [2.24, 2.45) is 0 Å². The summed E-state index contributed by atoms with van der Waals surface area (Å²) in [6.07, 6.45) is 5.46. The minimum Gasteiger partial charge on any atom is -0.481 e. The molecule has 10 nitrogen and oxygen atoms in total. The van der Waals surface area contributed by atoms with Gasteiger partial charge in [0.1, 0.15) is 12.1 Å². The minimum absolute atomic E-state index is 0.0114. The van der Waals surface area contributed by atoms with Gasteiger partial charge in [-0.2, -0.15) is 4.68 Å². The Morgan fingerprint density at radius 3 is 2.63 bits per heavy atom. The summed E-state index contributed by atoms with van der Waals surface area (Å²) < 4.78 is 16.1. The second kappa shape index (κ2) is 14.6. The number of carbonyl (C=O) groups excluding carboxylic acids is 1. The zero-order valence-corrected chi connectivity index (χ0v) is 22.8. The molecular weight excluding hydrogens is 549 g/mol. The zero-order chi connectivity index (χ0) is 29.0. The molecule has 0 aliphatic rings. The Morgan fingerprint density at radius 2 is 1.90 bits per heavy atom. The van der Waals surface area contributed by atoms with E-state index in [-0.39, 0.29) is 18.4 Å². The molecule has 4 N–H and O–H groups in total. The van der Waals surface area contributed by atoms with Crippen molar-refractivity contribution in [1.82, 2.24) is 25.5 Å². The maximum Gasteiger partial charge on any atom is 0.303 e. The van der Waals surface area contributed by atoms with Crippen molar-refractivity contribution in [2.45, 2.75) is 25.3 Å². The van der Waals surface area contributed by atoms with Gasteiger partial charge in [0.2, 0.25) is 5.91 Å². The van der Waals surface area contributed by atoms with Gasteiger partial charge >= 0.3 is 5.97 Å². The van der Waals surface area contributed by atoms with Crippen LogP contribution in [0.5, 0.6) is 0 Å². The van der Waals surface area contributed by atoms with E-state index < -0.39 is 11.8 Å². The minimum atomic E-state index is -0.891. The number of carboxylic acids is 1. The molecule has 1 aromatic heterocycles. The van der Waals surface area contributed by atoms with Crippen LogP contribution in [0.2, 0.25) is 5.02 Å². The van der Waals surface area contributed by atoms with Gasteiger partial charge in [-0.25, -0.2) is 4.39 Å². The lowest BCUT2D eigenvalue weighted by Gasteiger charge is -2.20. The van der Waals surface area contributed by atoms with Gasteiger partial charge in [0.25, 0.3) is 0 Å². The van der Waals surface area contributed by atoms with Gasteiger partial charge in [-0.05, 0) is 71.3 Å². The van der Waals surface area contributed by atoms with Crippen LogP contribution in [-0.2, 0) is 16.0 Å². The number of carbonyl (C=O) groups is 2. The van der Waals surface area contributed by atoms with E-state index in [4.69, 9.17) is 16.7 Å². The average molecular weight is 578 g/mol. The first-order chi connectivity index (χ1) is 19.9. The largest absolute Gasteiger partial charge is 0.481 e. The van der Waals surface area contributed by atoms with E-state index >= 15 is 0 Å². The summed E-state index contributed by atoms with van der Waals surface area (Å²) in [5.74, 6) is -1.67. The molecule has 4 aromatic rings. The number of nitrogens with zero attached hydrogens (tertiary/aromatic N) is 4. The average Bonchev–Trinajstić information content (AvgIpc) is 3.49. The third-order valence-electron chi connectivity index (χ3n) is 6.08. The van der Waals surface area contributed by atoms with Gasteiger partial charge in [0.05, 0.1) is 17.4 Å². The van der Waals surface area contributed by atoms with E-state index in [0.717, 1.165) is 5.56 Å². The maximum atomic E-state index is 14.6. The molecule has 0 aliphatic heterocycles. The summed E-state index contributed by atoms with van der Waals surface area (Å²) in [5, 5.41) is 29.6. The summed E-state index contributed by atoms with van der Waals surface area (Å²) in [7, 11) is 0. The number of hydrogen-bond donors (Lipinski definition) is 4. The fraction of sp³-hybridized carbons (Fsp3) is 0.207. The molecule has 1 heterocycles. The molecule has 0 saturated carbocycles. The first-order valence-corrected chi connectivity index (χ1v) is 13.3. The van der Waals surface area contributed by atoms with E-state index in [1.54, 1.807) is 36.4 Å². The lowest BCUT2D eigenvalue weighted by Crippen LogP contribution is -2.40. The molecule has 41 heavy (non-hydrogen) atoms. The van der Waals surface area contributed by atoms with E-state index in [1.165, 1.54) is 23.2 Å². The maximum absolute atomic E-state index is 14.6. The number of carboxylic acid groups (broad SMARTS) is 1. The molecule has 1 amide bonds. The summed E-state index contributed by atoms with van der Waals surface area (Å²) in [5.41, 5.74) is 3.19. The Hall–Kier alpha value is -4.77. The monoisotopic (exact) mass is 577 g/mol. The molecule has 1 unspecified atom stereocenters. The third-order valence-corrected chi connectivity index (χ3v) is 6.31. The number of hydrogen-bond acceptors (Lipinski definition) is 7. The first-order valence-electron chi connectivity index (χ1n) is 12.9. The van der Waals surface area contributed by atoms with Gasteiger partial charge < -0.3 is 21.1 Å². The zero-order valence-electron chi connectivity index (χ0n) is 22.0. The van der Waals surface area contributed by atoms with E-state index in [1.807, 2.05) is 30.3 Å². The fourth-order valence-corrected chi connectivity index (χ4v) is 4.28. The van der Waals surface area contributed by atoms with Crippen molar-refractivity contribution in [3.8, 4) is 5.69 Å². The van der Waals surface area contributed by atoms with Crippen LogP contribution in [0.25, 0.3) is 11.8 Å². The van der Waals surface area contributed by atoms with Gasteiger partial charge in [0, 0.05) is 41.9 Å². The molecule has 0 radical (unpaired) electrons. The number of amides is 1. The van der Waals surface area contributed by atoms with Crippen molar-refractivity contribution in [1.29, 1.82) is 0 Å². The summed E-state index contributed by atoms with van der Waals surface area (Å²) in [6, 6.07) is 19.3. The second-order valence-corrected chi connectivity index (χ2v) is 9.62. The topological polar surface area (TPSA) is 134 Å². The number of nitrogens with one attached hydrogen (secondary N) is 3. The molecule has 1 atom stereocenters. The molecule has 0 fully saturated rings. The van der Waals surface area contributed by atoms with E-state index in [9.17, 15) is 14.0 Å². The van der Waals surface area contributed by atoms with Crippen LogP contribution >= 0.6 is 11.6 Å². The summed E-state index contributed by atoms with van der Waals surface area (Å²) in [6.45, 7) is 0.688. The fourth-order valence-electron chi connectivity index (χ4n) is 4.10. The molecule has 12 heteroatoms. The second-order valence-electron chi connectivity index (χ2n) is 9.19. The van der Waals surface area contributed by atoms with Gasteiger partial charge in [-0.3, -0.25) is 9.59 Å². The lowest BCUT2D eigenvalue weighted by atomic mass is 10.1. The van der Waals surface area contributed by atoms with Crippen molar-refractivity contribution < 1.29 is 19.1 Å². The number of rotatable bonds is 14. The summed E-state index contributed by atoms with van der Waals surface area (Å²) >= 11 is 6.18. The summed E-state index contributed by atoms with van der Waals surface area (Å²) in [4.78, 5) is 23.6. The number of anilines is 2. The van der Waals surface area contributed by atoms with Crippen LogP contribution < -0.4 is 16.0 Å². The standard InChI is InChI=1S/C29H29ClFN7O3/c30-22-9-12-27(38-19-34-36-37-38)21(16-22)8-13-28(39)35-24(15-20-5-2-1-3-6-20)18-33-23-10-11-26(25(31)17-23)32-14-4-7-29(40)41/h1-3,5-6,8-13,16-17,19,24,32-33H,4,7,14-15,18H2,(H,35,39)(H,40,41). The number of tetrazole rings is 1. The third kappa shape index (κ3) is 9.14. The number of aliphatic carboxylic acids is 1. The number of aromatic nitrogens is 4. The smallest absolute Gasteiger partial charge is 0.303 e. The van der Waals surface area contributed by atoms with Crippen LogP contribution in [-0.4, -0.2) is 56.3 Å². The van der Waals surface area contributed by atoms with Gasteiger partial charge in [-0.15, -0.1) is 5.10 Å². The molecule has 0 saturated heterocycles. The highest BCUT2D eigenvalue weighted by Crippen LogP contribution is 2.21. The lowest BCUT2D eigenvalue weighted by molar-refractivity contribution is -0.137. The SMILES string of the molecule is O=C(O)CCCNc1ccc(NCC(Cc2ccccc2)NC(=O)C=Cc2cc(Cl)ccc2-n2cnnn2)cc1F. The van der Waals surface area contributed by atoms with E-state index in [2.05, 4.69) is 31.5 Å². The Morgan fingerprint density at radius 1 is 1.07 bits per heavy atom. The number of halogens is 2. The highest BCUT2D eigenvalue weighted by atomic mass is 35.5. The normalized spacial score (nSPS) is 11.8. The predicted octanol–water partition coefficient (Wildman–Crippen LogP) is 4.58. The molecule has 0 aliphatic carbocycles. The first kappa shape index (κ1) is 29.2. The molecule has 3 aromatic carbocycles. The van der Waals surface area contributed by atoms with Crippen LogP contribution in [0.4, 0.5) is 15.8 Å². The highest BCUT2D eigenvalue weighted by molar-refractivity contribution is 6.30. The van der Waals surface area contributed by atoms with Crippen LogP contribution in [0.3, 0.4) is 0 Å². The van der Waals surface area contributed by atoms with Crippen molar-refractivity contribution in [3.05, 3.63) is 101 Å². The molecule has 0 bridgehead atoms. The van der Waals surface area contributed by atoms with Gasteiger partial charge in [-0.1, -0.05) is 41.9 Å². The molecular formula is C29H29ClFN7O3. The Labute approximate surface area is 241 Å². The van der Waals surface area contributed by atoms with Gasteiger partial charge in [0.15, 0.2) is 0 Å². The number of benzene rings is 3. The predicted molar refractivity (Wildman–Crippen MR) is 156 cm³/mol. The van der Waals surface area contributed by atoms with E-state index in [0.29, 0.717) is 53.6 Å². The Balaban J connectivity index is 1.41. The molecule has 4 rings (SSSR count). The highest BCUT2D eigenvalue weighted by Gasteiger charge is 2.13. The van der Waals surface area contributed by atoms with Crippen LogP contribution in [0.15, 0.2) is 79.1 Å². The van der Waals surface area contributed by atoms with Crippen molar-refractivity contribution >= 4 is 40.9 Å². The Bertz CT molecular complexity index is 1480. The van der Waals surface area contributed by atoms with Crippen molar-refractivity contribution in [2.75, 3.05) is 23.7 Å². The van der Waals surface area contributed by atoms with Crippen LogP contribution in [0.1, 0.15) is 24.0 Å². The molecule has 0 spiro atoms.